The number of nitrogens with zero attached hydrogens (tertiary/aromatic N) is 1. The second-order valence-electron chi connectivity index (χ2n) is 14.7. The highest BCUT2D eigenvalue weighted by Crippen LogP contribution is 2.52. The van der Waals surface area contributed by atoms with Crippen molar-refractivity contribution >= 4 is 27.6 Å². The monoisotopic (exact) mass is 605 g/mol. The summed E-state index contributed by atoms with van der Waals surface area (Å²) in [5.41, 5.74) is 17.2. The lowest BCUT2D eigenvalue weighted by Crippen LogP contribution is -2.26. The minimum Gasteiger partial charge on any atom is -0.247 e. The Morgan fingerprint density at radius 2 is 1.11 bits per heavy atom. The van der Waals surface area contributed by atoms with Crippen LogP contribution in [0.3, 0.4) is 0 Å². The van der Waals surface area contributed by atoms with Crippen molar-refractivity contribution in [2.75, 3.05) is 0 Å². The van der Waals surface area contributed by atoms with E-state index in [4.69, 9.17) is 4.99 Å². The number of fused-ring (bicyclic) bond motifs is 8. The molecule has 0 amide bonds. The van der Waals surface area contributed by atoms with Crippen LogP contribution in [0, 0.1) is 0 Å². The molecule has 0 saturated carbocycles. The smallest absolute Gasteiger partial charge is 0.0750 e. The van der Waals surface area contributed by atoms with Crippen molar-refractivity contribution < 1.29 is 0 Å². The predicted octanol–water partition coefficient (Wildman–Crippen LogP) is 10.6. The van der Waals surface area contributed by atoms with Crippen molar-refractivity contribution in [3.8, 4) is 22.3 Å². The molecule has 1 aliphatic heterocycles. The van der Waals surface area contributed by atoms with Crippen LogP contribution < -0.4 is 10.6 Å². The Morgan fingerprint density at radius 3 is 1.89 bits per heavy atom. The van der Waals surface area contributed by atoms with E-state index in [0.29, 0.717) is 0 Å². The molecule has 0 N–H and O–H groups in total. The maximum Gasteiger partial charge on any atom is 0.0750 e. The molecule has 0 unspecified atom stereocenters. The summed E-state index contributed by atoms with van der Waals surface area (Å²) in [6.45, 7) is 11.8. The molecule has 0 atom stereocenters. The highest BCUT2D eigenvalue weighted by molar-refractivity contribution is 5.98. The summed E-state index contributed by atoms with van der Waals surface area (Å²) in [6, 6.07) is 45.5. The van der Waals surface area contributed by atoms with E-state index in [1.165, 1.54) is 82.8 Å². The lowest BCUT2D eigenvalue weighted by molar-refractivity contribution is 0.660. The van der Waals surface area contributed by atoms with Gasteiger partial charge in [-0.15, -0.1) is 0 Å². The molecule has 1 heterocycles. The predicted molar refractivity (Wildman–Crippen MR) is 198 cm³/mol. The van der Waals surface area contributed by atoms with Crippen LogP contribution in [0.1, 0.15) is 80.8 Å². The van der Waals surface area contributed by atoms with Gasteiger partial charge in [0.15, 0.2) is 0 Å². The van der Waals surface area contributed by atoms with Gasteiger partial charge < -0.3 is 0 Å². The van der Waals surface area contributed by atoms with Crippen LogP contribution in [0.2, 0.25) is 0 Å². The Morgan fingerprint density at radius 1 is 0.532 bits per heavy atom. The fourth-order valence-electron chi connectivity index (χ4n) is 8.70. The first kappa shape index (κ1) is 28.2. The second kappa shape index (κ2) is 9.99. The molecule has 2 aliphatic carbocycles. The zero-order valence-electron chi connectivity index (χ0n) is 27.9. The van der Waals surface area contributed by atoms with Crippen LogP contribution in [0.15, 0.2) is 126 Å². The van der Waals surface area contributed by atoms with Crippen molar-refractivity contribution in [3.63, 3.8) is 0 Å². The van der Waals surface area contributed by atoms with E-state index in [2.05, 4.69) is 156 Å². The van der Waals surface area contributed by atoms with E-state index in [-0.39, 0.29) is 10.8 Å². The molecule has 6 aromatic rings. The number of rotatable bonds is 3. The van der Waals surface area contributed by atoms with Crippen LogP contribution in [0.5, 0.6) is 0 Å². The second-order valence-corrected chi connectivity index (χ2v) is 14.7. The normalized spacial score (nSPS) is 16.6. The Labute approximate surface area is 277 Å². The maximum absolute atomic E-state index is 5.56. The van der Waals surface area contributed by atoms with Crippen LogP contribution in [0.25, 0.3) is 49.9 Å². The average Bonchev–Trinajstić information content (AvgIpc) is 3.36. The molecule has 3 aliphatic rings. The lowest BCUT2D eigenvalue weighted by Gasteiger charge is -2.23. The van der Waals surface area contributed by atoms with Crippen molar-refractivity contribution in [1.82, 2.24) is 0 Å². The van der Waals surface area contributed by atoms with Gasteiger partial charge in [-0.3, -0.25) is 0 Å². The molecule has 0 radical (unpaired) electrons. The molecular weight excluding hydrogens is 567 g/mol. The molecule has 0 spiro atoms. The quantitative estimate of drug-likeness (QED) is 0.190. The van der Waals surface area contributed by atoms with E-state index in [0.717, 1.165) is 23.9 Å². The molecule has 1 nitrogen and oxygen atoms in total. The molecule has 47 heavy (non-hydrogen) atoms. The molecule has 0 fully saturated rings. The average molecular weight is 606 g/mol. The molecular formula is C46H39N. The van der Waals surface area contributed by atoms with Gasteiger partial charge in [0.2, 0.25) is 0 Å². The fourth-order valence-corrected chi connectivity index (χ4v) is 8.70. The SMILES string of the molecule is CCC1=c2ccccc2=NC(c2ccc3c(c2)C(C)(C)c2cc4ccccc4cc2-3)=C(c2ccc3c(c2)C(C)(C)c2ccccc2-3)C1. The third kappa shape index (κ3) is 4.05. The molecule has 0 bridgehead atoms. The van der Waals surface area contributed by atoms with Gasteiger partial charge in [-0.25, -0.2) is 4.99 Å². The van der Waals surface area contributed by atoms with Gasteiger partial charge in [0, 0.05) is 16.4 Å². The topological polar surface area (TPSA) is 12.4 Å². The van der Waals surface area contributed by atoms with Crippen molar-refractivity contribution in [2.24, 2.45) is 4.99 Å². The number of para-hydroxylation sites is 1. The maximum atomic E-state index is 5.56. The van der Waals surface area contributed by atoms with Gasteiger partial charge in [-0.1, -0.05) is 131 Å². The summed E-state index contributed by atoms with van der Waals surface area (Å²) in [5.74, 6) is 0. The van der Waals surface area contributed by atoms with Crippen molar-refractivity contribution in [1.29, 1.82) is 0 Å². The van der Waals surface area contributed by atoms with E-state index < -0.39 is 0 Å². The van der Waals surface area contributed by atoms with E-state index in [9.17, 15) is 0 Å². The summed E-state index contributed by atoms with van der Waals surface area (Å²) < 4.78 is 0. The van der Waals surface area contributed by atoms with Crippen LogP contribution in [-0.4, -0.2) is 0 Å². The summed E-state index contributed by atoms with van der Waals surface area (Å²) in [5, 5.41) is 4.94. The molecule has 6 aromatic carbocycles. The Kier molecular flexibility index (Phi) is 6.00. The van der Waals surface area contributed by atoms with Crippen LogP contribution in [-0.2, 0) is 10.8 Å². The zero-order valence-corrected chi connectivity index (χ0v) is 27.9. The molecule has 0 saturated heterocycles. The first-order valence-electron chi connectivity index (χ1n) is 17.1. The highest BCUT2D eigenvalue weighted by atomic mass is 14.8. The van der Waals surface area contributed by atoms with Gasteiger partial charge in [0.25, 0.3) is 0 Å². The Balaban J connectivity index is 1.28. The van der Waals surface area contributed by atoms with Gasteiger partial charge in [0.05, 0.1) is 11.1 Å². The van der Waals surface area contributed by atoms with E-state index in [1.54, 1.807) is 0 Å². The first-order valence-corrected chi connectivity index (χ1v) is 17.1. The summed E-state index contributed by atoms with van der Waals surface area (Å²) >= 11 is 0. The fraction of sp³-hybridized carbons (Fsp3) is 0.196. The van der Waals surface area contributed by atoms with Gasteiger partial charge in [-0.05, 0) is 115 Å². The molecule has 1 heteroatoms. The number of allylic oxidation sites excluding steroid dienone is 1. The Hall–Kier alpha value is -5.01. The standard InChI is InChI=1S/C46H39N/c1-6-28-23-37(31-19-21-35-34-16-9-11-17-39(34)45(2,3)40(35)26-31)44(47-43-18-12-10-15-33(28)43)32-20-22-36-38-24-29-13-7-8-14-30(29)25-42(38)46(4,5)41(36)27-32/h7-22,24-27H,6,23H2,1-5H3. The highest BCUT2D eigenvalue weighted by Gasteiger charge is 2.37. The minimum absolute atomic E-state index is 0.0578. The van der Waals surface area contributed by atoms with Gasteiger partial charge in [0.1, 0.15) is 0 Å². The summed E-state index contributed by atoms with van der Waals surface area (Å²) in [6.07, 6.45) is 1.87. The summed E-state index contributed by atoms with van der Waals surface area (Å²) in [7, 11) is 0. The number of hydrogen-bond donors (Lipinski definition) is 0. The summed E-state index contributed by atoms with van der Waals surface area (Å²) in [4.78, 5) is 5.56. The van der Waals surface area contributed by atoms with E-state index >= 15 is 0 Å². The third-order valence-electron chi connectivity index (χ3n) is 11.4. The largest absolute Gasteiger partial charge is 0.247 e. The minimum atomic E-state index is -0.113. The molecule has 9 rings (SSSR count). The third-order valence-corrected chi connectivity index (χ3v) is 11.4. The van der Waals surface area contributed by atoms with Crippen molar-refractivity contribution in [2.45, 2.75) is 58.3 Å². The van der Waals surface area contributed by atoms with E-state index in [1.807, 2.05) is 0 Å². The number of benzene rings is 6. The first-order chi connectivity index (χ1) is 22.8. The van der Waals surface area contributed by atoms with Crippen LogP contribution in [0.4, 0.5) is 0 Å². The van der Waals surface area contributed by atoms with Crippen LogP contribution >= 0.6 is 0 Å². The van der Waals surface area contributed by atoms with Crippen molar-refractivity contribution in [3.05, 3.63) is 165 Å². The van der Waals surface area contributed by atoms with Gasteiger partial charge >= 0.3 is 0 Å². The molecule has 0 aromatic heterocycles. The number of hydrogen-bond acceptors (Lipinski definition) is 1. The lowest BCUT2D eigenvalue weighted by atomic mass is 9.80. The van der Waals surface area contributed by atoms with Gasteiger partial charge in [-0.2, -0.15) is 0 Å². The zero-order chi connectivity index (χ0) is 32.1. The Bertz CT molecular complexity index is 2470. The molecule has 228 valence electrons.